The van der Waals surface area contributed by atoms with E-state index in [1.807, 2.05) is 0 Å². The molecule has 2 rings (SSSR count). The second-order valence-electron chi connectivity index (χ2n) is 5.09. The molecular weight excluding hydrogens is 322 g/mol. The van der Waals surface area contributed by atoms with Crippen molar-refractivity contribution in [1.82, 2.24) is 9.80 Å². The van der Waals surface area contributed by atoms with Crippen LogP contribution in [0.5, 0.6) is 5.75 Å². The molecule has 1 aliphatic rings. The van der Waals surface area contributed by atoms with Crippen LogP contribution in [0.25, 0.3) is 0 Å². The summed E-state index contributed by atoms with van der Waals surface area (Å²) < 4.78 is 5.14. The van der Waals surface area contributed by atoms with Crippen LogP contribution in [0.15, 0.2) is 18.2 Å². The van der Waals surface area contributed by atoms with Gasteiger partial charge in [0.1, 0.15) is 12.2 Å². The van der Waals surface area contributed by atoms with Gasteiger partial charge in [0.2, 0.25) is 18.2 Å². The molecule has 1 aliphatic heterocycles. The van der Waals surface area contributed by atoms with Crippen LogP contribution in [0, 0.1) is 0 Å². The normalized spacial score (nSPS) is 14.3. The number of piperazine rings is 1. The van der Waals surface area contributed by atoms with Gasteiger partial charge < -0.3 is 19.9 Å². The molecule has 0 unspecified atom stereocenters. The monoisotopic (exact) mass is 339 g/mol. The van der Waals surface area contributed by atoms with Crippen LogP contribution in [0.3, 0.4) is 0 Å². The zero-order chi connectivity index (χ0) is 16.8. The molecule has 7 nitrogen and oxygen atoms in total. The van der Waals surface area contributed by atoms with Crippen LogP contribution in [0.2, 0.25) is 5.02 Å². The summed E-state index contributed by atoms with van der Waals surface area (Å²) in [5.41, 5.74) is 0.420. The number of halogens is 1. The lowest BCUT2D eigenvalue weighted by molar-refractivity contribution is -0.137. The Bertz CT molecular complexity index is 600. The quantitative estimate of drug-likeness (QED) is 0.640. The minimum absolute atomic E-state index is 0.267. The lowest BCUT2D eigenvalue weighted by atomic mass is 10.2. The average molecular weight is 340 g/mol. The van der Waals surface area contributed by atoms with Crippen molar-refractivity contribution in [3.05, 3.63) is 23.2 Å². The van der Waals surface area contributed by atoms with E-state index in [1.165, 1.54) is 7.11 Å². The fraction of sp³-hybridized carbons (Fsp3) is 0.400. The molecule has 0 saturated carbocycles. The van der Waals surface area contributed by atoms with E-state index in [0.29, 0.717) is 42.6 Å². The molecule has 1 aromatic carbocycles. The molecule has 23 heavy (non-hydrogen) atoms. The van der Waals surface area contributed by atoms with Crippen LogP contribution in [-0.2, 0) is 14.4 Å². The number of amides is 3. The predicted octanol–water partition coefficient (Wildman–Crippen LogP) is 0.978. The maximum atomic E-state index is 12.1. The molecule has 1 fully saturated rings. The highest BCUT2D eigenvalue weighted by molar-refractivity contribution is 6.31. The summed E-state index contributed by atoms with van der Waals surface area (Å²) >= 11 is 5.90. The first kappa shape index (κ1) is 17.1. The van der Waals surface area contributed by atoms with Crippen molar-refractivity contribution in [2.75, 3.05) is 38.6 Å². The van der Waals surface area contributed by atoms with Gasteiger partial charge in [0.05, 0.1) is 12.8 Å². The van der Waals surface area contributed by atoms with E-state index in [0.717, 1.165) is 6.41 Å². The SMILES string of the molecule is COc1ccc(Cl)cc1NC(=O)CC(=O)N1CCN(C=O)CC1. The minimum Gasteiger partial charge on any atom is -0.495 e. The van der Waals surface area contributed by atoms with Gasteiger partial charge in [-0.05, 0) is 18.2 Å². The summed E-state index contributed by atoms with van der Waals surface area (Å²) in [6.45, 7) is 1.84. The third-order valence-corrected chi connectivity index (χ3v) is 3.80. The Morgan fingerprint density at radius 2 is 2.00 bits per heavy atom. The van der Waals surface area contributed by atoms with Gasteiger partial charge in [-0.15, -0.1) is 0 Å². The highest BCUT2D eigenvalue weighted by atomic mass is 35.5. The molecule has 1 heterocycles. The molecule has 0 aromatic heterocycles. The Hall–Kier alpha value is -2.28. The van der Waals surface area contributed by atoms with Crippen molar-refractivity contribution in [3.63, 3.8) is 0 Å². The van der Waals surface area contributed by atoms with E-state index in [1.54, 1.807) is 28.0 Å². The van der Waals surface area contributed by atoms with Gasteiger partial charge in [-0.3, -0.25) is 14.4 Å². The minimum atomic E-state index is -0.437. The standard InChI is InChI=1S/C15H18ClN3O4/c1-23-13-3-2-11(16)8-12(13)17-14(21)9-15(22)19-6-4-18(10-20)5-7-19/h2-3,8,10H,4-7,9H2,1H3,(H,17,21). The summed E-state index contributed by atoms with van der Waals surface area (Å²) in [7, 11) is 1.48. The van der Waals surface area contributed by atoms with Crippen molar-refractivity contribution < 1.29 is 19.1 Å². The molecule has 8 heteroatoms. The van der Waals surface area contributed by atoms with E-state index in [9.17, 15) is 14.4 Å². The van der Waals surface area contributed by atoms with E-state index in [-0.39, 0.29) is 12.3 Å². The Balaban J connectivity index is 1.91. The van der Waals surface area contributed by atoms with Crippen LogP contribution in [-0.4, -0.2) is 61.3 Å². The van der Waals surface area contributed by atoms with Gasteiger partial charge >= 0.3 is 0 Å². The first-order valence-corrected chi connectivity index (χ1v) is 7.52. The van der Waals surface area contributed by atoms with Gasteiger partial charge in [0.15, 0.2) is 0 Å². The molecule has 0 bridgehead atoms. The topological polar surface area (TPSA) is 79.0 Å². The highest BCUT2D eigenvalue weighted by Gasteiger charge is 2.22. The second-order valence-corrected chi connectivity index (χ2v) is 5.53. The number of nitrogens with zero attached hydrogens (tertiary/aromatic N) is 2. The summed E-state index contributed by atoms with van der Waals surface area (Å²) in [6.07, 6.45) is 0.497. The Morgan fingerprint density at radius 1 is 1.30 bits per heavy atom. The number of carbonyl (C=O) groups is 3. The van der Waals surface area contributed by atoms with Crippen LogP contribution in [0.1, 0.15) is 6.42 Å². The molecule has 124 valence electrons. The molecule has 3 amide bonds. The molecule has 0 atom stereocenters. The Labute approximate surface area is 139 Å². The van der Waals surface area contributed by atoms with Gasteiger partial charge in [-0.1, -0.05) is 11.6 Å². The number of hydrogen-bond acceptors (Lipinski definition) is 4. The van der Waals surface area contributed by atoms with Crippen molar-refractivity contribution in [2.45, 2.75) is 6.42 Å². The zero-order valence-corrected chi connectivity index (χ0v) is 13.5. The van der Waals surface area contributed by atoms with E-state index >= 15 is 0 Å². The molecular formula is C15H18ClN3O4. The molecule has 1 aromatic rings. The predicted molar refractivity (Wildman–Crippen MR) is 85.5 cm³/mol. The summed E-state index contributed by atoms with van der Waals surface area (Å²) in [5, 5.41) is 3.09. The van der Waals surface area contributed by atoms with Crippen LogP contribution < -0.4 is 10.1 Å². The van der Waals surface area contributed by atoms with E-state index < -0.39 is 5.91 Å². The maximum absolute atomic E-state index is 12.1. The number of anilines is 1. The smallest absolute Gasteiger partial charge is 0.233 e. The largest absolute Gasteiger partial charge is 0.495 e. The zero-order valence-electron chi connectivity index (χ0n) is 12.8. The fourth-order valence-electron chi connectivity index (χ4n) is 2.30. The third-order valence-electron chi connectivity index (χ3n) is 3.56. The first-order chi connectivity index (χ1) is 11.0. The number of ether oxygens (including phenoxy) is 1. The molecule has 0 spiro atoms. The number of nitrogens with one attached hydrogen (secondary N) is 1. The van der Waals surface area contributed by atoms with Crippen molar-refractivity contribution in [3.8, 4) is 5.75 Å². The second kappa shape index (κ2) is 7.82. The Morgan fingerprint density at radius 3 is 2.61 bits per heavy atom. The van der Waals surface area contributed by atoms with Gasteiger partial charge in [-0.25, -0.2) is 0 Å². The van der Waals surface area contributed by atoms with Crippen LogP contribution >= 0.6 is 11.6 Å². The lowest BCUT2D eigenvalue weighted by Gasteiger charge is -2.32. The van der Waals surface area contributed by atoms with Crippen molar-refractivity contribution in [2.24, 2.45) is 0 Å². The maximum Gasteiger partial charge on any atom is 0.233 e. The number of benzene rings is 1. The average Bonchev–Trinajstić information content (AvgIpc) is 2.55. The summed E-state index contributed by atoms with van der Waals surface area (Å²) in [5.74, 6) is -0.239. The highest BCUT2D eigenvalue weighted by Crippen LogP contribution is 2.27. The summed E-state index contributed by atoms with van der Waals surface area (Å²) in [6, 6.07) is 4.84. The lowest BCUT2D eigenvalue weighted by Crippen LogP contribution is -2.48. The van der Waals surface area contributed by atoms with Crippen molar-refractivity contribution in [1.29, 1.82) is 0 Å². The fourth-order valence-corrected chi connectivity index (χ4v) is 2.47. The first-order valence-electron chi connectivity index (χ1n) is 7.14. The van der Waals surface area contributed by atoms with Crippen molar-refractivity contribution >= 4 is 35.5 Å². The number of hydrogen-bond donors (Lipinski definition) is 1. The Kier molecular flexibility index (Phi) is 5.81. The molecule has 0 aliphatic carbocycles. The number of methoxy groups -OCH3 is 1. The molecule has 1 N–H and O–H groups in total. The van der Waals surface area contributed by atoms with Gasteiger partial charge in [0.25, 0.3) is 0 Å². The number of rotatable bonds is 5. The van der Waals surface area contributed by atoms with Gasteiger partial charge in [0, 0.05) is 31.2 Å². The van der Waals surface area contributed by atoms with Gasteiger partial charge in [-0.2, -0.15) is 0 Å². The van der Waals surface area contributed by atoms with Crippen LogP contribution in [0.4, 0.5) is 5.69 Å². The van der Waals surface area contributed by atoms with E-state index in [2.05, 4.69) is 5.32 Å². The third kappa shape index (κ3) is 4.59. The molecule has 1 saturated heterocycles. The number of carbonyl (C=O) groups excluding carboxylic acids is 3. The summed E-state index contributed by atoms with van der Waals surface area (Å²) in [4.78, 5) is 38.0. The molecule has 0 radical (unpaired) electrons. The van der Waals surface area contributed by atoms with E-state index in [4.69, 9.17) is 16.3 Å².